The van der Waals surface area contributed by atoms with E-state index in [1.165, 1.54) is 32.1 Å². The molecule has 0 radical (unpaired) electrons. The molecule has 0 saturated heterocycles. The molecule has 0 spiro atoms. The first-order chi connectivity index (χ1) is 8.26. The van der Waals surface area contributed by atoms with Crippen molar-refractivity contribution in [2.75, 3.05) is 26.8 Å². The molecule has 0 bridgehead atoms. The number of methoxy groups -OCH3 is 1. The predicted octanol–water partition coefficient (Wildman–Crippen LogP) is 1.31. The summed E-state index contributed by atoms with van der Waals surface area (Å²) in [5.41, 5.74) is 0. The molecule has 1 aliphatic rings. The van der Waals surface area contributed by atoms with Crippen LogP contribution in [0.5, 0.6) is 0 Å². The van der Waals surface area contributed by atoms with Gasteiger partial charge in [0.1, 0.15) is 0 Å². The second-order valence-electron chi connectivity index (χ2n) is 4.86. The highest BCUT2D eigenvalue weighted by Crippen LogP contribution is 2.26. The standard InChI is InChI=1S/C13H26N2O2/c1-3-11-5-4-6-12(9-11)15-10-13(16)14-7-8-17-2/h11-12,15H,3-10H2,1-2H3,(H,14,16). The number of hydrogen-bond donors (Lipinski definition) is 2. The molecule has 1 fully saturated rings. The molecule has 1 saturated carbocycles. The summed E-state index contributed by atoms with van der Waals surface area (Å²) in [5.74, 6) is 0.915. The van der Waals surface area contributed by atoms with E-state index in [4.69, 9.17) is 4.74 Å². The maximum Gasteiger partial charge on any atom is 0.234 e. The lowest BCUT2D eigenvalue weighted by molar-refractivity contribution is -0.120. The molecule has 100 valence electrons. The quantitative estimate of drug-likeness (QED) is 0.662. The van der Waals surface area contributed by atoms with Gasteiger partial charge in [-0.15, -0.1) is 0 Å². The molecule has 0 heterocycles. The Balaban J connectivity index is 2.10. The third kappa shape index (κ3) is 6.03. The van der Waals surface area contributed by atoms with Crippen LogP contribution < -0.4 is 10.6 Å². The molecule has 0 aromatic carbocycles. The molecule has 0 aromatic heterocycles. The second kappa shape index (κ2) is 8.48. The van der Waals surface area contributed by atoms with Crippen molar-refractivity contribution in [3.8, 4) is 0 Å². The van der Waals surface area contributed by atoms with Gasteiger partial charge in [-0.2, -0.15) is 0 Å². The maximum atomic E-state index is 11.5. The molecule has 2 atom stereocenters. The highest BCUT2D eigenvalue weighted by Gasteiger charge is 2.20. The number of amides is 1. The topological polar surface area (TPSA) is 50.4 Å². The molecule has 4 nitrogen and oxygen atoms in total. The zero-order valence-corrected chi connectivity index (χ0v) is 11.1. The van der Waals surface area contributed by atoms with Gasteiger partial charge in [0, 0.05) is 19.7 Å². The summed E-state index contributed by atoms with van der Waals surface area (Å²) < 4.78 is 4.88. The molecular formula is C13H26N2O2. The van der Waals surface area contributed by atoms with Crippen LogP contribution in [-0.4, -0.2) is 38.8 Å². The highest BCUT2D eigenvalue weighted by atomic mass is 16.5. The number of rotatable bonds is 7. The Morgan fingerprint density at radius 1 is 1.41 bits per heavy atom. The fourth-order valence-corrected chi connectivity index (χ4v) is 2.44. The van der Waals surface area contributed by atoms with Gasteiger partial charge in [0.2, 0.25) is 5.91 Å². The minimum atomic E-state index is 0.0701. The van der Waals surface area contributed by atoms with Gasteiger partial charge in [-0.05, 0) is 18.8 Å². The van der Waals surface area contributed by atoms with E-state index in [2.05, 4.69) is 17.6 Å². The molecule has 4 heteroatoms. The molecular weight excluding hydrogens is 216 g/mol. The van der Waals surface area contributed by atoms with Gasteiger partial charge >= 0.3 is 0 Å². The Morgan fingerprint density at radius 2 is 2.24 bits per heavy atom. The summed E-state index contributed by atoms with van der Waals surface area (Å²) >= 11 is 0. The molecule has 1 rings (SSSR count). The molecule has 2 N–H and O–H groups in total. The number of carbonyl (C=O) groups excluding carboxylic acids is 1. The lowest BCUT2D eigenvalue weighted by Gasteiger charge is -2.29. The van der Waals surface area contributed by atoms with Crippen LogP contribution in [0.1, 0.15) is 39.0 Å². The molecule has 1 amide bonds. The first kappa shape index (κ1) is 14.5. The minimum Gasteiger partial charge on any atom is -0.383 e. The molecule has 2 unspecified atom stereocenters. The molecule has 0 aromatic rings. The average Bonchev–Trinajstić information content (AvgIpc) is 2.37. The van der Waals surface area contributed by atoms with Gasteiger partial charge < -0.3 is 15.4 Å². The summed E-state index contributed by atoms with van der Waals surface area (Å²) in [6.45, 7) is 3.86. The van der Waals surface area contributed by atoms with Crippen LogP contribution in [0, 0.1) is 5.92 Å². The second-order valence-corrected chi connectivity index (χ2v) is 4.86. The van der Waals surface area contributed by atoms with Gasteiger partial charge in [0.05, 0.1) is 13.2 Å². The van der Waals surface area contributed by atoms with Crippen LogP contribution in [-0.2, 0) is 9.53 Å². The van der Waals surface area contributed by atoms with Crippen molar-refractivity contribution in [3.63, 3.8) is 0 Å². The highest BCUT2D eigenvalue weighted by molar-refractivity contribution is 5.77. The Morgan fingerprint density at radius 3 is 2.94 bits per heavy atom. The smallest absolute Gasteiger partial charge is 0.234 e. The summed E-state index contributed by atoms with van der Waals surface area (Å²) in [5, 5.41) is 6.18. The number of hydrogen-bond acceptors (Lipinski definition) is 3. The zero-order chi connectivity index (χ0) is 12.5. The number of nitrogens with one attached hydrogen (secondary N) is 2. The van der Waals surface area contributed by atoms with Crippen LogP contribution in [0.3, 0.4) is 0 Å². The van der Waals surface area contributed by atoms with Crippen LogP contribution in [0.2, 0.25) is 0 Å². The molecule has 1 aliphatic carbocycles. The number of ether oxygens (including phenoxy) is 1. The van der Waals surface area contributed by atoms with Crippen molar-refractivity contribution in [2.24, 2.45) is 5.92 Å². The van der Waals surface area contributed by atoms with E-state index < -0.39 is 0 Å². The van der Waals surface area contributed by atoms with E-state index in [-0.39, 0.29) is 5.91 Å². The fraction of sp³-hybridized carbons (Fsp3) is 0.923. The van der Waals surface area contributed by atoms with E-state index in [1.54, 1.807) is 7.11 Å². The molecule has 17 heavy (non-hydrogen) atoms. The van der Waals surface area contributed by atoms with E-state index in [1.807, 2.05) is 0 Å². The van der Waals surface area contributed by atoms with Crippen molar-refractivity contribution >= 4 is 5.91 Å². The summed E-state index contributed by atoms with van der Waals surface area (Å²) in [6.07, 6.45) is 6.35. The SMILES string of the molecule is CCC1CCCC(NCC(=O)NCCOC)C1. The average molecular weight is 242 g/mol. The van der Waals surface area contributed by atoms with E-state index in [9.17, 15) is 4.79 Å². The van der Waals surface area contributed by atoms with Crippen LogP contribution >= 0.6 is 0 Å². The zero-order valence-electron chi connectivity index (χ0n) is 11.1. The van der Waals surface area contributed by atoms with Crippen molar-refractivity contribution in [3.05, 3.63) is 0 Å². The van der Waals surface area contributed by atoms with Crippen molar-refractivity contribution in [2.45, 2.75) is 45.1 Å². The predicted molar refractivity (Wildman–Crippen MR) is 68.9 cm³/mol. The first-order valence-electron chi connectivity index (χ1n) is 6.75. The van der Waals surface area contributed by atoms with E-state index in [0.717, 1.165) is 5.92 Å². The summed E-state index contributed by atoms with van der Waals surface area (Å²) in [4.78, 5) is 11.5. The normalized spacial score (nSPS) is 24.6. The van der Waals surface area contributed by atoms with Gasteiger partial charge in [-0.3, -0.25) is 4.79 Å². The summed E-state index contributed by atoms with van der Waals surface area (Å²) in [6, 6.07) is 0.530. The van der Waals surface area contributed by atoms with Crippen molar-refractivity contribution in [1.29, 1.82) is 0 Å². The molecule has 0 aliphatic heterocycles. The maximum absolute atomic E-state index is 11.5. The van der Waals surface area contributed by atoms with Crippen molar-refractivity contribution < 1.29 is 9.53 Å². The van der Waals surface area contributed by atoms with Crippen LogP contribution in [0.4, 0.5) is 0 Å². The largest absolute Gasteiger partial charge is 0.383 e. The Labute approximate surface area is 104 Å². The van der Waals surface area contributed by atoms with Crippen LogP contribution in [0.15, 0.2) is 0 Å². The van der Waals surface area contributed by atoms with Crippen LogP contribution in [0.25, 0.3) is 0 Å². The van der Waals surface area contributed by atoms with Gasteiger partial charge in [0.15, 0.2) is 0 Å². The monoisotopic (exact) mass is 242 g/mol. The fourth-order valence-electron chi connectivity index (χ4n) is 2.44. The minimum absolute atomic E-state index is 0.0701. The Hall–Kier alpha value is -0.610. The first-order valence-corrected chi connectivity index (χ1v) is 6.75. The Kier molecular flexibility index (Phi) is 7.21. The third-order valence-corrected chi connectivity index (χ3v) is 3.54. The van der Waals surface area contributed by atoms with Crippen molar-refractivity contribution in [1.82, 2.24) is 10.6 Å². The lowest BCUT2D eigenvalue weighted by Crippen LogP contribution is -2.41. The van der Waals surface area contributed by atoms with E-state index in [0.29, 0.717) is 25.7 Å². The number of carbonyl (C=O) groups is 1. The van der Waals surface area contributed by atoms with Gasteiger partial charge in [-0.1, -0.05) is 26.2 Å². The lowest BCUT2D eigenvalue weighted by atomic mass is 9.84. The third-order valence-electron chi connectivity index (χ3n) is 3.54. The van der Waals surface area contributed by atoms with Gasteiger partial charge in [-0.25, -0.2) is 0 Å². The summed E-state index contributed by atoms with van der Waals surface area (Å²) in [7, 11) is 1.64. The van der Waals surface area contributed by atoms with Gasteiger partial charge in [0.25, 0.3) is 0 Å². The Bertz CT molecular complexity index is 221. The van der Waals surface area contributed by atoms with E-state index >= 15 is 0 Å².